The van der Waals surface area contributed by atoms with Crippen molar-refractivity contribution in [2.45, 2.75) is 62.8 Å². The quantitative estimate of drug-likeness (QED) is 0.262. The molecule has 0 radical (unpaired) electrons. The third kappa shape index (κ3) is 8.08. The first-order valence-corrected chi connectivity index (χ1v) is 17.2. The molecule has 0 saturated carbocycles. The van der Waals surface area contributed by atoms with Crippen LogP contribution in [0.2, 0.25) is 5.02 Å². The summed E-state index contributed by atoms with van der Waals surface area (Å²) in [6.45, 7) is 2.73. The van der Waals surface area contributed by atoms with Gasteiger partial charge in [0.25, 0.3) is 5.92 Å². The Balaban J connectivity index is 1.24. The van der Waals surface area contributed by atoms with E-state index in [0.717, 1.165) is 24.9 Å². The van der Waals surface area contributed by atoms with Gasteiger partial charge in [0.2, 0.25) is 5.91 Å². The zero-order valence-electron chi connectivity index (χ0n) is 27.8. The monoisotopic (exact) mass is 722 g/mol. The van der Waals surface area contributed by atoms with Gasteiger partial charge in [-0.2, -0.15) is 28.4 Å². The van der Waals surface area contributed by atoms with Gasteiger partial charge < -0.3 is 24.3 Å². The number of carbonyl (C=O) groups is 1. The lowest BCUT2D eigenvalue weighted by molar-refractivity contribution is -0.137. The maximum Gasteiger partial charge on any atom is 0.419 e. The highest BCUT2D eigenvalue weighted by Crippen LogP contribution is 2.43. The van der Waals surface area contributed by atoms with Crippen LogP contribution in [0.1, 0.15) is 42.5 Å². The number of nitriles is 1. The average Bonchev–Trinajstić information content (AvgIpc) is 3.65. The fraction of sp³-hybridized carbons (Fsp3) is 0.588. The zero-order valence-corrected chi connectivity index (χ0v) is 28.6. The number of amides is 1. The molecular weight excluding hydrogens is 683 g/mol. The van der Waals surface area contributed by atoms with Crippen LogP contribution in [-0.2, 0) is 23.9 Å². The molecule has 16 heteroatoms. The summed E-state index contributed by atoms with van der Waals surface area (Å²) in [5.74, 6) is -2.45. The van der Waals surface area contributed by atoms with E-state index < -0.39 is 23.7 Å². The molecule has 1 amide bonds. The number of alkyl halides is 5. The number of anilines is 2. The third-order valence-corrected chi connectivity index (χ3v) is 10.3. The number of benzene rings is 1. The highest BCUT2D eigenvalue weighted by atomic mass is 35.5. The number of piperazine rings is 1. The molecule has 0 unspecified atom stereocenters. The van der Waals surface area contributed by atoms with Crippen LogP contribution in [0.4, 0.5) is 33.5 Å². The van der Waals surface area contributed by atoms with Crippen LogP contribution in [0, 0.1) is 11.3 Å². The van der Waals surface area contributed by atoms with Gasteiger partial charge in [-0.25, -0.2) is 8.78 Å². The first kappa shape index (κ1) is 36.1. The number of likely N-dealkylation sites (N-methyl/N-ethyl adjacent to an activating group) is 1. The number of carbonyl (C=O) groups excluding carboxylic acids is 1. The summed E-state index contributed by atoms with van der Waals surface area (Å²) in [6, 6.07) is 6.12. The van der Waals surface area contributed by atoms with Crippen LogP contribution in [0.25, 0.3) is 0 Å². The number of nitrogens with zero attached hydrogens (tertiary/aromatic N) is 8. The number of rotatable bonds is 9. The number of likely N-dealkylation sites (tertiary alicyclic amines) is 2. The maximum atomic E-state index is 14.1. The molecule has 1 aromatic carbocycles. The number of aromatic nitrogens is 2. The van der Waals surface area contributed by atoms with Crippen molar-refractivity contribution in [2.75, 3.05) is 75.8 Å². The highest BCUT2D eigenvalue weighted by Gasteiger charge is 2.40. The summed E-state index contributed by atoms with van der Waals surface area (Å²) in [4.78, 5) is 31.8. The summed E-state index contributed by atoms with van der Waals surface area (Å²) in [5.41, 5.74) is 0.390. The van der Waals surface area contributed by atoms with Crippen molar-refractivity contribution in [1.29, 1.82) is 5.26 Å². The fourth-order valence-electron chi connectivity index (χ4n) is 7.32. The van der Waals surface area contributed by atoms with E-state index in [4.69, 9.17) is 26.3 Å². The third-order valence-electron chi connectivity index (χ3n) is 9.98. The van der Waals surface area contributed by atoms with Crippen LogP contribution in [-0.4, -0.2) is 115 Å². The van der Waals surface area contributed by atoms with Gasteiger partial charge in [-0.3, -0.25) is 9.69 Å². The van der Waals surface area contributed by atoms with E-state index in [1.165, 1.54) is 24.3 Å². The molecule has 4 aliphatic rings. The Morgan fingerprint density at radius 2 is 1.96 bits per heavy atom. The van der Waals surface area contributed by atoms with Crippen molar-refractivity contribution < 1.29 is 31.5 Å². The first-order valence-electron chi connectivity index (χ1n) is 16.9. The molecule has 270 valence electrons. The smallest absolute Gasteiger partial charge is 0.419 e. The van der Waals surface area contributed by atoms with Crippen molar-refractivity contribution in [3.05, 3.63) is 52.2 Å². The van der Waals surface area contributed by atoms with Gasteiger partial charge in [0.1, 0.15) is 12.4 Å². The number of hydrogen-bond donors (Lipinski definition) is 0. The highest BCUT2D eigenvalue weighted by molar-refractivity contribution is 6.31. The number of ether oxygens (including phenoxy) is 1. The van der Waals surface area contributed by atoms with E-state index in [1.807, 2.05) is 11.9 Å². The van der Waals surface area contributed by atoms with Gasteiger partial charge >= 0.3 is 12.2 Å². The molecule has 3 saturated heterocycles. The molecule has 0 aliphatic carbocycles. The lowest BCUT2D eigenvalue weighted by Crippen LogP contribution is -2.55. The second kappa shape index (κ2) is 14.9. The van der Waals surface area contributed by atoms with Gasteiger partial charge in [-0.1, -0.05) is 23.7 Å². The van der Waals surface area contributed by atoms with Crippen molar-refractivity contribution >= 4 is 29.0 Å². The van der Waals surface area contributed by atoms with Crippen molar-refractivity contribution in [1.82, 2.24) is 24.7 Å². The summed E-state index contributed by atoms with van der Waals surface area (Å²) in [5, 5.41) is 9.29. The average molecular weight is 723 g/mol. The number of fused-ring (bicyclic) bond motifs is 1. The molecular formula is C34H40ClF5N8O2. The summed E-state index contributed by atoms with van der Waals surface area (Å²) in [6.07, 6.45) is 0.520. The fourth-order valence-corrected chi connectivity index (χ4v) is 7.59. The SMILES string of the molecule is CN1CCC[C@H]1COc1nc2c(c(N3CCN(C(=O)/C=C/CN4CCC(F)(F)C4)[C@@H](CC#N)C3)n1)CCN(c1cccc(Cl)c1C(F)(F)F)C2. The van der Waals surface area contributed by atoms with Gasteiger partial charge in [0.05, 0.1) is 53.6 Å². The molecule has 0 bridgehead atoms. The molecule has 2 atom stereocenters. The summed E-state index contributed by atoms with van der Waals surface area (Å²) < 4.78 is 75.6. The van der Waals surface area contributed by atoms with Crippen molar-refractivity contribution in [3.8, 4) is 12.1 Å². The Bertz CT molecular complexity index is 1640. The molecule has 50 heavy (non-hydrogen) atoms. The van der Waals surface area contributed by atoms with Crippen LogP contribution in [0.5, 0.6) is 6.01 Å². The lowest BCUT2D eigenvalue weighted by Gasteiger charge is -2.42. The number of halogens is 6. The van der Waals surface area contributed by atoms with Gasteiger partial charge in [0, 0.05) is 63.4 Å². The Hall–Kier alpha value is -3.74. The van der Waals surface area contributed by atoms with E-state index in [9.17, 15) is 32.0 Å². The zero-order chi connectivity index (χ0) is 35.6. The molecule has 0 N–H and O–H groups in total. The lowest BCUT2D eigenvalue weighted by atomic mass is 10.0. The molecule has 3 fully saturated rings. The van der Waals surface area contributed by atoms with Crippen LogP contribution in [0.3, 0.4) is 0 Å². The molecule has 10 nitrogen and oxygen atoms in total. The van der Waals surface area contributed by atoms with E-state index in [2.05, 4.69) is 11.0 Å². The van der Waals surface area contributed by atoms with Crippen molar-refractivity contribution in [2.24, 2.45) is 0 Å². The maximum absolute atomic E-state index is 14.1. The van der Waals surface area contributed by atoms with Gasteiger partial charge in [-0.15, -0.1) is 0 Å². The van der Waals surface area contributed by atoms with E-state index >= 15 is 0 Å². The Kier molecular flexibility index (Phi) is 10.7. The first-order chi connectivity index (χ1) is 23.8. The summed E-state index contributed by atoms with van der Waals surface area (Å²) >= 11 is 6.05. The predicted molar refractivity (Wildman–Crippen MR) is 177 cm³/mol. The molecule has 6 rings (SSSR count). The summed E-state index contributed by atoms with van der Waals surface area (Å²) in [7, 11) is 2.03. The largest absolute Gasteiger partial charge is 0.462 e. The minimum absolute atomic E-state index is 0.0291. The van der Waals surface area contributed by atoms with Crippen molar-refractivity contribution in [3.63, 3.8) is 0 Å². The predicted octanol–water partition coefficient (Wildman–Crippen LogP) is 5.01. The van der Waals surface area contributed by atoms with E-state index in [-0.39, 0.29) is 87.3 Å². The molecule has 0 spiro atoms. The van der Waals surface area contributed by atoms with E-state index in [1.54, 1.807) is 20.8 Å². The Morgan fingerprint density at radius 1 is 1.14 bits per heavy atom. The second-order valence-corrected chi connectivity index (χ2v) is 13.8. The Labute approximate surface area is 293 Å². The van der Waals surface area contributed by atoms with E-state index in [0.29, 0.717) is 31.1 Å². The minimum atomic E-state index is -4.66. The minimum Gasteiger partial charge on any atom is -0.462 e. The topological polar surface area (TPSA) is 92.1 Å². The normalized spacial score (nSPS) is 23.0. The van der Waals surface area contributed by atoms with Crippen LogP contribution in [0.15, 0.2) is 30.4 Å². The van der Waals surface area contributed by atoms with Crippen LogP contribution < -0.4 is 14.5 Å². The number of hydrogen-bond acceptors (Lipinski definition) is 9. The molecule has 2 aromatic rings. The molecule has 4 aliphatic heterocycles. The second-order valence-electron chi connectivity index (χ2n) is 13.4. The van der Waals surface area contributed by atoms with Crippen LogP contribution >= 0.6 is 11.6 Å². The van der Waals surface area contributed by atoms with Gasteiger partial charge in [0.15, 0.2) is 0 Å². The van der Waals surface area contributed by atoms with Gasteiger partial charge in [-0.05, 0) is 45.0 Å². The molecule has 1 aromatic heterocycles. The molecule has 5 heterocycles. The standard InChI is InChI=1S/C34H40ClF5N8O2/c1-44-13-3-5-24(44)21-50-32-42-27-20-46(28-7-2-6-26(35)30(28)34(38,39)40)15-10-25(27)31(43-32)47-17-18-48(23(19-47)9-12-41)29(49)8-4-14-45-16-11-33(36,37)22-45/h2,4,6-8,23-24H,3,5,9-11,13-22H2,1H3/b8-4+/t23-,24-/m0/s1. The Morgan fingerprint density at radius 3 is 2.66 bits per heavy atom.